The van der Waals surface area contributed by atoms with Crippen LogP contribution in [-0.2, 0) is 12.0 Å². The maximum absolute atomic E-state index is 10.6. The van der Waals surface area contributed by atoms with Crippen molar-refractivity contribution in [3.63, 3.8) is 0 Å². The summed E-state index contributed by atoms with van der Waals surface area (Å²) < 4.78 is 0. The monoisotopic (exact) mass is 357 g/mol. The highest BCUT2D eigenvalue weighted by Crippen LogP contribution is 2.30. The summed E-state index contributed by atoms with van der Waals surface area (Å²) in [6.07, 6.45) is 0. The van der Waals surface area contributed by atoms with Crippen LogP contribution >= 0.6 is 8.58 Å². The Morgan fingerprint density at radius 3 is 2.20 bits per heavy atom. The standard InChI is InChI=1S/C22H32NOP/c1-15-12-17(21(2,3)4)13-19(20(15)24)25-18-11-9-8-10-16(18)14-23-22(5,6)7/h8-13,23-25H,14H2,1-7H3. The molecular weight excluding hydrogens is 325 g/mol. The third kappa shape index (κ3) is 5.56. The fourth-order valence-corrected chi connectivity index (χ4v) is 3.95. The van der Waals surface area contributed by atoms with Crippen molar-refractivity contribution < 1.29 is 5.11 Å². The number of phenolic OH excluding ortho intramolecular Hbond substituents is 1. The van der Waals surface area contributed by atoms with Crippen LogP contribution in [0, 0.1) is 6.92 Å². The van der Waals surface area contributed by atoms with Crippen LogP contribution in [0.5, 0.6) is 5.75 Å². The highest BCUT2D eigenvalue weighted by Gasteiger charge is 2.18. The summed E-state index contributed by atoms with van der Waals surface area (Å²) in [6, 6.07) is 12.8. The largest absolute Gasteiger partial charge is 0.507 e. The van der Waals surface area contributed by atoms with E-state index >= 15 is 0 Å². The van der Waals surface area contributed by atoms with Crippen LogP contribution < -0.4 is 15.9 Å². The number of nitrogens with one attached hydrogen (secondary N) is 1. The van der Waals surface area contributed by atoms with Gasteiger partial charge in [-0.1, -0.05) is 59.7 Å². The normalized spacial score (nSPS) is 12.9. The van der Waals surface area contributed by atoms with Gasteiger partial charge in [0.25, 0.3) is 0 Å². The zero-order valence-electron chi connectivity index (χ0n) is 16.6. The first-order chi connectivity index (χ1) is 11.5. The lowest BCUT2D eigenvalue weighted by atomic mass is 9.86. The first-order valence-electron chi connectivity index (χ1n) is 8.91. The summed E-state index contributed by atoms with van der Waals surface area (Å²) in [7, 11) is 0.450. The Balaban J connectivity index is 2.36. The topological polar surface area (TPSA) is 32.3 Å². The molecule has 0 aromatic heterocycles. The van der Waals surface area contributed by atoms with Gasteiger partial charge in [0.15, 0.2) is 0 Å². The van der Waals surface area contributed by atoms with Crippen LogP contribution in [0.15, 0.2) is 36.4 Å². The Morgan fingerprint density at radius 1 is 0.960 bits per heavy atom. The van der Waals surface area contributed by atoms with Crippen LogP contribution in [-0.4, -0.2) is 10.6 Å². The van der Waals surface area contributed by atoms with E-state index in [1.807, 2.05) is 6.92 Å². The molecule has 0 saturated heterocycles. The second-order valence-corrected chi connectivity index (χ2v) is 10.2. The number of benzene rings is 2. The van der Waals surface area contributed by atoms with Crippen molar-refractivity contribution >= 4 is 19.2 Å². The molecular formula is C22H32NOP. The molecule has 25 heavy (non-hydrogen) atoms. The molecule has 3 heteroatoms. The molecule has 0 aliphatic rings. The fourth-order valence-electron chi connectivity index (χ4n) is 2.61. The van der Waals surface area contributed by atoms with Gasteiger partial charge in [0.05, 0.1) is 0 Å². The average Bonchev–Trinajstić information content (AvgIpc) is 2.49. The summed E-state index contributed by atoms with van der Waals surface area (Å²) in [5.74, 6) is 0.435. The van der Waals surface area contributed by atoms with E-state index in [0.29, 0.717) is 14.3 Å². The predicted molar refractivity (Wildman–Crippen MR) is 112 cm³/mol. The van der Waals surface area contributed by atoms with Crippen LogP contribution in [0.3, 0.4) is 0 Å². The first kappa shape index (κ1) is 19.9. The molecule has 1 unspecified atom stereocenters. The highest BCUT2D eigenvalue weighted by atomic mass is 31.1. The molecule has 0 heterocycles. The number of hydrogen-bond donors (Lipinski definition) is 2. The molecule has 1 atom stereocenters. The van der Waals surface area contributed by atoms with Gasteiger partial charge >= 0.3 is 0 Å². The van der Waals surface area contributed by atoms with E-state index in [-0.39, 0.29) is 11.0 Å². The van der Waals surface area contributed by atoms with Gasteiger partial charge in [-0.25, -0.2) is 0 Å². The number of phenols is 1. The fraction of sp³-hybridized carbons (Fsp3) is 0.455. The van der Waals surface area contributed by atoms with Crippen molar-refractivity contribution in [2.75, 3.05) is 0 Å². The zero-order valence-corrected chi connectivity index (χ0v) is 17.6. The maximum Gasteiger partial charge on any atom is 0.126 e. The summed E-state index contributed by atoms with van der Waals surface area (Å²) in [5.41, 5.74) is 3.69. The molecule has 0 saturated carbocycles. The van der Waals surface area contributed by atoms with Crippen molar-refractivity contribution in [1.29, 1.82) is 0 Å². The van der Waals surface area contributed by atoms with Crippen molar-refractivity contribution in [2.45, 2.75) is 66.0 Å². The van der Waals surface area contributed by atoms with Gasteiger partial charge in [0, 0.05) is 17.4 Å². The second-order valence-electron chi connectivity index (χ2n) is 8.83. The summed E-state index contributed by atoms with van der Waals surface area (Å²) in [4.78, 5) is 0. The minimum atomic E-state index is 0.0744. The van der Waals surface area contributed by atoms with E-state index in [0.717, 1.165) is 17.4 Å². The van der Waals surface area contributed by atoms with Crippen molar-refractivity contribution in [2.24, 2.45) is 0 Å². The molecule has 2 N–H and O–H groups in total. The minimum absolute atomic E-state index is 0.0744. The first-order valence-corrected chi connectivity index (χ1v) is 9.91. The summed E-state index contributed by atoms with van der Waals surface area (Å²) in [5, 5.41) is 16.5. The summed E-state index contributed by atoms with van der Waals surface area (Å²) in [6.45, 7) is 16.0. The molecule has 2 aromatic carbocycles. The van der Waals surface area contributed by atoms with Gasteiger partial charge < -0.3 is 10.4 Å². The molecule has 0 spiro atoms. The van der Waals surface area contributed by atoms with Crippen LogP contribution in [0.1, 0.15) is 58.2 Å². The Hall–Kier alpha value is -1.37. The zero-order chi connectivity index (χ0) is 18.8. The predicted octanol–water partition coefficient (Wildman–Crippen LogP) is 4.52. The van der Waals surface area contributed by atoms with Crippen LogP contribution in [0.2, 0.25) is 0 Å². The lowest BCUT2D eigenvalue weighted by molar-refractivity contribution is 0.425. The van der Waals surface area contributed by atoms with E-state index < -0.39 is 0 Å². The van der Waals surface area contributed by atoms with Crippen LogP contribution in [0.25, 0.3) is 0 Å². The Bertz CT molecular complexity index is 739. The molecule has 2 aromatic rings. The Labute approximate surface area is 154 Å². The smallest absolute Gasteiger partial charge is 0.126 e. The lowest BCUT2D eigenvalue weighted by Gasteiger charge is -2.23. The number of aryl methyl sites for hydroxylation is 1. The maximum atomic E-state index is 10.6. The van der Waals surface area contributed by atoms with E-state index in [2.05, 4.69) is 83.3 Å². The third-order valence-corrected chi connectivity index (χ3v) is 5.67. The minimum Gasteiger partial charge on any atom is -0.507 e. The molecule has 0 aliphatic heterocycles. The SMILES string of the molecule is Cc1cc(C(C)(C)C)cc(Pc2ccccc2CNC(C)(C)C)c1O. The Morgan fingerprint density at radius 2 is 1.60 bits per heavy atom. The molecule has 0 fully saturated rings. The Kier molecular flexibility index (Phi) is 5.97. The van der Waals surface area contributed by atoms with Gasteiger partial charge in [-0.2, -0.15) is 0 Å². The number of rotatable bonds is 4. The van der Waals surface area contributed by atoms with E-state index in [9.17, 15) is 5.11 Å². The molecule has 2 rings (SSSR count). The van der Waals surface area contributed by atoms with Gasteiger partial charge in [0.2, 0.25) is 0 Å². The molecule has 0 bridgehead atoms. The summed E-state index contributed by atoms with van der Waals surface area (Å²) >= 11 is 0. The second kappa shape index (κ2) is 7.48. The quantitative estimate of drug-likeness (QED) is 0.789. The van der Waals surface area contributed by atoms with Crippen molar-refractivity contribution in [1.82, 2.24) is 5.32 Å². The number of hydrogen-bond acceptors (Lipinski definition) is 2. The van der Waals surface area contributed by atoms with Crippen LogP contribution in [0.4, 0.5) is 0 Å². The molecule has 2 nitrogen and oxygen atoms in total. The lowest BCUT2D eigenvalue weighted by Crippen LogP contribution is -2.36. The van der Waals surface area contributed by atoms with E-state index in [4.69, 9.17) is 0 Å². The number of aromatic hydroxyl groups is 1. The third-order valence-electron chi connectivity index (χ3n) is 4.26. The van der Waals surface area contributed by atoms with E-state index in [1.165, 1.54) is 16.4 Å². The van der Waals surface area contributed by atoms with Gasteiger partial charge in [-0.15, -0.1) is 0 Å². The molecule has 0 radical (unpaired) electrons. The van der Waals surface area contributed by atoms with Crippen molar-refractivity contribution in [3.8, 4) is 5.75 Å². The molecule has 136 valence electrons. The molecule has 0 amide bonds. The highest BCUT2D eigenvalue weighted by molar-refractivity contribution is 7.55. The average molecular weight is 357 g/mol. The van der Waals surface area contributed by atoms with E-state index in [1.54, 1.807) is 0 Å². The molecule has 0 aliphatic carbocycles. The van der Waals surface area contributed by atoms with Gasteiger partial charge in [-0.3, -0.25) is 0 Å². The van der Waals surface area contributed by atoms with Gasteiger partial charge in [-0.05, 0) is 61.2 Å². The van der Waals surface area contributed by atoms with Crippen molar-refractivity contribution in [3.05, 3.63) is 53.1 Å². The van der Waals surface area contributed by atoms with Gasteiger partial charge in [0.1, 0.15) is 5.75 Å².